The molecule has 0 saturated heterocycles. The standard InChI is InChI=1S/C13H12ClNO2S/c1-9-12(18-8-7-17-9)13(16)15(2)11-5-3-10(14)4-6-11/h3-8H,1-2H3. The number of halogens is 1. The molecule has 2 rings (SSSR count). The first-order valence-electron chi connectivity index (χ1n) is 5.32. The zero-order valence-corrected chi connectivity index (χ0v) is 11.6. The number of nitrogens with zero attached hydrogens (tertiary/aromatic N) is 1. The molecule has 0 aromatic heterocycles. The van der Waals surface area contributed by atoms with Crippen molar-refractivity contribution < 1.29 is 9.53 Å². The van der Waals surface area contributed by atoms with Crippen molar-refractivity contribution in [3.05, 3.63) is 51.6 Å². The Balaban J connectivity index is 2.21. The molecule has 1 heterocycles. The molecule has 1 amide bonds. The molecule has 0 unspecified atom stereocenters. The summed E-state index contributed by atoms with van der Waals surface area (Å²) in [6.45, 7) is 1.78. The largest absolute Gasteiger partial charge is 0.468 e. The molecule has 0 aliphatic carbocycles. The Hall–Kier alpha value is -1.39. The van der Waals surface area contributed by atoms with Crippen LogP contribution in [0.2, 0.25) is 5.02 Å². The molecule has 18 heavy (non-hydrogen) atoms. The zero-order chi connectivity index (χ0) is 13.1. The number of amides is 1. The Morgan fingerprint density at radius 2 is 2.00 bits per heavy atom. The molecule has 0 bridgehead atoms. The molecule has 1 aliphatic rings. The third kappa shape index (κ3) is 2.71. The lowest BCUT2D eigenvalue weighted by atomic mass is 10.3. The van der Waals surface area contributed by atoms with E-state index in [1.807, 2.05) is 0 Å². The fourth-order valence-electron chi connectivity index (χ4n) is 1.50. The van der Waals surface area contributed by atoms with Gasteiger partial charge in [0.05, 0.1) is 6.26 Å². The maximum atomic E-state index is 12.3. The summed E-state index contributed by atoms with van der Waals surface area (Å²) < 4.78 is 5.23. The van der Waals surface area contributed by atoms with Gasteiger partial charge < -0.3 is 9.64 Å². The Kier molecular flexibility index (Phi) is 3.99. The van der Waals surface area contributed by atoms with Gasteiger partial charge in [-0.25, -0.2) is 0 Å². The summed E-state index contributed by atoms with van der Waals surface area (Å²) >= 11 is 7.18. The minimum atomic E-state index is -0.0934. The van der Waals surface area contributed by atoms with E-state index in [1.165, 1.54) is 11.8 Å². The molecule has 1 aliphatic heterocycles. The zero-order valence-electron chi connectivity index (χ0n) is 10.0. The van der Waals surface area contributed by atoms with Crippen molar-refractivity contribution in [2.75, 3.05) is 11.9 Å². The maximum absolute atomic E-state index is 12.3. The summed E-state index contributed by atoms with van der Waals surface area (Å²) in [4.78, 5) is 14.5. The fourth-order valence-corrected chi connectivity index (χ4v) is 2.32. The van der Waals surface area contributed by atoms with Gasteiger partial charge in [0.2, 0.25) is 0 Å². The average molecular weight is 282 g/mol. The Bertz CT molecular complexity index is 522. The number of rotatable bonds is 2. The Morgan fingerprint density at radius 3 is 2.61 bits per heavy atom. The summed E-state index contributed by atoms with van der Waals surface area (Å²) in [7, 11) is 1.73. The monoisotopic (exact) mass is 281 g/mol. The van der Waals surface area contributed by atoms with Gasteiger partial charge in [-0.1, -0.05) is 23.4 Å². The van der Waals surface area contributed by atoms with Crippen molar-refractivity contribution in [1.29, 1.82) is 0 Å². The number of ether oxygens (including phenoxy) is 1. The normalized spacial score (nSPS) is 14.4. The lowest BCUT2D eigenvalue weighted by Crippen LogP contribution is -2.27. The highest BCUT2D eigenvalue weighted by atomic mass is 35.5. The first-order chi connectivity index (χ1) is 8.59. The van der Waals surface area contributed by atoms with Crippen molar-refractivity contribution in [3.63, 3.8) is 0 Å². The molecule has 1 aromatic carbocycles. The lowest BCUT2D eigenvalue weighted by molar-refractivity contribution is -0.114. The highest BCUT2D eigenvalue weighted by Crippen LogP contribution is 2.29. The van der Waals surface area contributed by atoms with Gasteiger partial charge in [0, 0.05) is 23.2 Å². The molecular formula is C13H12ClNO2S. The van der Waals surface area contributed by atoms with Crippen LogP contribution in [0.5, 0.6) is 0 Å². The average Bonchev–Trinajstić information content (AvgIpc) is 2.38. The van der Waals surface area contributed by atoms with Crippen LogP contribution in [0.25, 0.3) is 0 Å². The minimum absolute atomic E-state index is 0.0934. The summed E-state index contributed by atoms with van der Waals surface area (Å²) in [5, 5.41) is 2.39. The van der Waals surface area contributed by atoms with Crippen LogP contribution in [0, 0.1) is 0 Å². The number of hydrogen-bond donors (Lipinski definition) is 0. The molecule has 94 valence electrons. The number of carbonyl (C=O) groups is 1. The number of allylic oxidation sites excluding steroid dienone is 1. The molecule has 5 heteroatoms. The van der Waals surface area contributed by atoms with E-state index in [2.05, 4.69) is 0 Å². The second-order valence-corrected chi connectivity index (χ2v) is 5.09. The Labute approximate surface area is 115 Å². The van der Waals surface area contributed by atoms with E-state index in [0.717, 1.165) is 5.69 Å². The molecular weight excluding hydrogens is 270 g/mol. The van der Waals surface area contributed by atoms with E-state index in [-0.39, 0.29) is 5.91 Å². The third-order valence-electron chi connectivity index (χ3n) is 2.52. The SMILES string of the molecule is CC1=C(C(=O)N(C)c2ccc(Cl)cc2)SC=CO1. The molecule has 0 spiro atoms. The van der Waals surface area contributed by atoms with Crippen LogP contribution in [-0.2, 0) is 9.53 Å². The fraction of sp³-hybridized carbons (Fsp3) is 0.154. The maximum Gasteiger partial charge on any atom is 0.268 e. The predicted octanol–water partition coefficient (Wildman–Crippen LogP) is 3.77. The number of benzene rings is 1. The van der Waals surface area contributed by atoms with E-state index >= 15 is 0 Å². The molecule has 3 nitrogen and oxygen atoms in total. The lowest BCUT2D eigenvalue weighted by Gasteiger charge is -2.20. The van der Waals surface area contributed by atoms with E-state index in [4.69, 9.17) is 16.3 Å². The topological polar surface area (TPSA) is 29.5 Å². The summed E-state index contributed by atoms with van der Waals surface area (Å²) in [6, 6.07) is 7.12. The number of anilines is 1. The van der Waals surface area contributed by atoms with Crippen molar-refractivity contribution in [2.45, 2.75) is 6.92 Å². The van der Waals surface area contributed by atoms with E-state index in [1.54, 1.807) is 54.8 Å². The van der Waals surface area contributed by atoms with E-state index < -0.39 is 0 Å². The molecule has 0 fully saturated rings. The predicted molar refractivity (Wildman–Crippen MR) is 75.4 cm³/mol. The smallest absolute Gasteiger partial charge is 0.268 e. The van der Waals surface area contributed by atoms with Crippen LogP contribution in [0.3, 0.4) is 0 Å². The number of thioether (sulfide) groups is 1. The first-order valence-corrected chi connectivity index (χ1v) is 6.58. The van der Waals surface area contributed by atoms with Crippen LogP contribution >= 0.6 is 23.4 Å². The van der Waals surface area contributed by atoms with Crippen LogP contribution in [0.4, 0.5) is 5.69 Å². The van der Waals surface area contributed by atoms with Crippen molar-refractivity contribution in [3.8, 4) is 0 Å². The molecule has 0 atom stereocenters. The van der Waals surface area contributed by atoms with Gasteiger partial charge in [-0.05, 0) is 31.2 Å². The summed E-state index contributed by atoms with van der Waals surface area (Å²) in [6.07, 6.45) is 1.57. The van der Waals surface area contributed by atoms with Gasteiger partial charge in [0.25, 0.3) is 5.91 Å². The molecule has 0 saturated carbocycles. The van der Waals surface area contributed by atoms with Crippen LogP contribution < -0.4 is 4.90 Å². The number of carbonyl (C=O) groups excluding carboxylic acids is 1. The van der Waals surface area contributed by atoms with Crippen LogP contribution in [0.1, 0.15) is 6.92 Å². The minimum Gasteiger partial charge on any atom is -0.468 e. The van der Waals surface area contributed by atoms with Gasteiger partial charge in [-0.3, -0.25) is 4.79 Å². The van der Waals surface area contributed by atoms with Gasteiger partial charge >= 0.3 is 0 Å². The van der Waals surface area contributed by atoms with Gasteiger partial charge in [-0.2, -0.15) is 0 Å². The summed E-state index contributed by atoms with van der Waals surface area (Å²) in [5.41, 5.74) is 0.792. The van der Waals surface area contributed by atoms with Gasteiger partial charge in [-0.15, -0.1) is 0 Å². The van der Waals surface area contributed by atoms with Crippen molar-refractivity contribution in [2.24, 2.45) is 0 Å². The summed E-state index contributed by atoms with van der Waals surface area (Å²) in [5.74, 6) is 0.525. The molecule has 1 aromatic rings. The number of hydrogen-bond acceptors (Lipinski definition) is 3. The van der Waals surface area contributed by atoms with E-state index in [0.29, 0.717) is 15.7 Å². The van der Waals surface area contributed by atoms with E-state index in [9.17, 15) is 4.79 Å². The van der Waals surface area contributed by atoms with Gasteiger partial charge in [0.15, 0.2) is 0 Å². The number of likely N-dealkylation sites (N-methyl/N-ethyl adjacent to an activating group) is 1. The van der Waals surface area contributed by atoms with Crippen LogP contribution in [-0.4, -0.2) is 13.0 Å². The highest BCUT2D eigenvalue weighted by molar-refractivity contribution is 8.06. The van der Waals surface area contributed by atoms with Gasteiger partial charge in [0.1, 0.15) is 10.7 Å². The second-order valence-electron chi connectivity index (χ2n) is 3.73. The molecule has 0 N–H and O–H groups in total. The highest BCUT2D eigenvalue weighted by Gasteiger charge is 2.21. The second kappa shape index (κ2) is 5.50. The third-order valence-corrected chi connectivity index (χ3v) is 3.72. The quantitative estimate of drug-likeness (QED) is 0.826. The van der Waals surface area contributed by atoms with Crippen LogP contribution in [0.15, 0.2) is 46.6 Å². The Morgan fingerprint density at radius 1 is 1.33 bits per heavy atom. The van der Waals surface area contributed by atoms with Crippen molar-refractivity contribution >= 4 is 35.0 Å². The first kappa shape index (κ1) is 13.1. The molecule has 0 radical (unpaired) electrons. The van der Waals surface area contributed by atoms with Crippen molar-refractivity contribution in [1.82, 2.24) is 0 Å².